The topological polar surface area (TPSA) is 76.2 Å². The molecule has 0 bridgehead atoms. The van der Waals surface area contributed by atoms with Crippen LogP contribution in [-0.2, 0) is 21.1 Å². The number of sulfone groups is 1. The van der Waals surface area contributed by atoms with Crippen molar-refractivity contribution in [3.05, 3.63) is 59.7 Å². The molecule has 8 heteroatoms. The van der Waals surface area contributed by atoms with Crippen LogP contribution in [0.5, 0.6) is 11.5 Å². The van der Waals surface area contributed by atoms with Crippen LogP contribution in [0, 0.1) is 0 Å². The Morgan fingerprint density at radius 3 is 2.29 bits per heavy atom. The summed E-state index contributed by atoms with van der Waals surface area (Å²) in [5.41, 5.74) is 1.92. The second-order valence-corrected chi connectivity index (χ2v) is 10.0. The van der Waals surface area contributed by atoms with Gasteiger partial charge in [0.15, 0.2) is 21.3 Å². The van der Waals surface area contributed by atoms with E-state index in [1.165, 1.54) is 0 Å². The number of likely N-dealkylation sites (N-methyl/N-ethyl adjacent to an activating group) is 1. The van der Waals surface area contributed by atoms with Gasteiger partial charge in [0.2, 0.25) is 5.91 Å². The first-order chi connectivity index (χ1) is 14.8. The highest BCUT2D eigenvalue weighted by molar-refractivity contribution is 7.91. The molecule has 1 aliphatic heterocycles. The maximum atomic E-state index is 13.4. The molecule has 1 fully saturated rings. The molecule has 1 unspecified atom stereocenters. The monoisotopic (exact) mass is 446 g/mol. The Balaban J connectivity index is 1.73. The van der Waals surface area contributed by atoms with Gasteiger partial charge in [-0.3, -0.25) is 9.69 Å². The number of hydrogen-bond donors (Lipinski definition) is 0. The molecule has 168 valence electrons. The minimum absolute atomic E-state index is 0.0361. The SMILES string of the molecule is COc1ccc(CCN(C)C(=O)C(c2ccccc2)N2CCS(=O)(=O)CC2)cc1OC. The van der Waals surface area contributed by atoms with Gasteiger partial charge >= 0.3 is 0 Å². The second kappa shape index (κ2) is 10.2. The van der Waals surface area contributed by atoms with E-state index in [1.54, 1.807) is 26.2 Å². The molecule has 1 aliphatic rings. The largest absolute Gasteiger partial charge is 0.493 e. The van der Waals surface area contributed by atoms with Gasteiger partial charge in [-0.15, -0.1) is 0 Å². The van der Waals surface area contributed by atoms with Crippen LogP contribution >= 0.6 is 0 Å². The quantitative estimate of drug-likeness (QED) is 0.619. The van der Waals surface area contributed by atoms with Gasteiger partial charge in [0.1, 0.15) is 6.04 Å². The molecule has 1 heterocycles. The van der Waals surface area contributed by atoms with Gasteiger partial charge in [-0.1, -0.05) is 36.4 Å². The third-order valence-corrected chi connectivity index (χ3v) is 7.26. The Morgan fingerprint density at radius 2 is 1.68 bits per heavy atom. The van der Waals surface area contributed by atoms with E-state index in [2.05, 4.69) is 0 Å². The first-order valence-electron chi connectivity index (χ1n) is 10.3. The lowest BCUT2D eigenvalue weighted by atomic mass is 10.0. The van der Waals surface area contributed by atoms with Crippen LogP contribution in [0.1, 0.15) is 17.2 Å². The molecule has 0 N–H and O–H groups in total. The van der Waals surface area contributed by atoms with Crippen molar-refractivity contribution in [2.45, 2.75) is 12.5 Å². The molecule has 0 aromatic heterocycles. The molecule has 1 atom stereocenters. The molecule has 0 spiro atoms. The van der Waals surface area contributed by atoms with Crippen LogP contribution < -0.4 is 9.47 Å². The fourth-order valence-corrected chi connectivity index (χ4v) is 5.01. The second-order valence-electron chi connectivity index (χ2n) is 7.70. The number of carbonyl (C=O) groups excluding carboxylic acids is 1. The highest BCUT2D eigenvalue weighted by Gasteiger charge is 2.33. The minimum Gasteiger partial charge on any atom is -0.493 e. The number of carbonyl (C=O) groups is 1. The van der Waals surface area contributed by atoms with Gasteiger partial charge in [0, 0.05) is 26.7 Å². The van der Waals surface area contributed by atoms with E-state index in [0.717, 1.165) is 11.1 Å². The van der Waals surface area contributed by atoms with E-state index in [4.69, 9.17) is 9.47 Å². The lowest BCUT2D eigenvalue weighted by molar-refractivity contribution is -0.135. The summed E-state index contributed by atoms with van der Waals surface area (Å²) >= 11 is 0. The molecular weight excluding hydrogens is 416 g/mol. The predicted octanol–water partition coefficient (Wildman–Crippen LogP) is 2.18. The summed E-state index contributed by atoms with van der Waals surface area (Å²) in [4.78, 5) is 17.1. The van der Waals surface area contributed by atoms with Crippen molar-refractivity contribution in [2.75, 3.05) is 52.4 Å². The van der Waals surface area contributed by atoms with E-state index >= 15 is 0 Å². The van der Waals surface area contributed by atoms with Crippen molar-refractivity contribution in [3.63, 3.8) is 0 Å². The van der Waals surface area contributed by atoms with Gasteiger partial charge in [0.05, 0.1) is 25.7 Å². The van der Waals surface area contributed by atoms with Crippen LogP contribution in [0.15, 0.2) is 48.5 Å². The number of methoxy groups -OCH3 is 2. The Morgan fingerprint density at radius 1 is 1.03 bits per heavy atom. The van der Waals surface area contributed by atoms with Crippen molar-refractivity contribution in [2.24, 2.45) is 0 Å². The van der Waals surface area contributed by atoms with Crippen LogP contribution in [0.4, 0.5) is 0 Å². The van der Waals surface area contributed by atoms with Crippen LogP contribution in [0.2, 0.25) is 0 Å². The number of nitrogens with zero attached hydrogens (tertiary/aromatic N) is 2. The maximum Gasteiger partial charge on any atom is 0.244 e. The Hall–Kier alpha value is -2.58. The molecule has 7 nitrogen and oxygen atoms in total. The number of hydrogen-bond acceptors (Lipinski definition) is 6. The zero-order valence-electron chi connectivity index (χ0n) is 18.3. The predicted molar refractivity (Wildman–Crippen MR) is 120 cm³/mol. The summed E-state index contributed by atoms with van der Waals surface area (Å²) in [6.07, 6.45) is 0.665. The number of benzene rings is 2. The van der Waals surface area contributed by atoms with Gasteiger partial charge in [0.25, 0.3) is 0 Å². The summed E-state index contributed by atoms with van der Waals surface area (Å²) < 4.78 is 34.4. The normalized spacial score (nSPS) is 17.0. The Bertz CT molecular complexity index is 980. The van der Waals surface area contributed by atoms with E-state index in [0.29, 0.717) is 37.6 Å². The van der Waals surface area contributed by atoms with Crippen molar-refractivity contribution in [1.82, 2.24) is 9.80 Å². The lowest BCUT2D eigenvalue weighted by Crippen LogP contribution is -2.48. The lowest BCUT2D eigenvalue weighted by Gasteiger charge is -2.35. The number of ether oxygens (including phenoxy) is 2. The number of amides is 1. The standard InChI is InChI=1S/C23H30N2O5S/c1-24(12-11-18-9-10-20(29-2)21(17-18)30-3)23(26)22(19-7-5-4-6-8-19)25-13-15-31(27,28)16-14-25/h4-10,17,22H,11-16H2,1-3H3. The molecule has 3 rings (SSSR count). The zero-order valence-corrected chi connectivity index (χ0v) is 19.1. The molecular formula is C23H30N2O5S. The van der Waals surface area contributed by atoms with Gasteiger partial charge < -0.3 is 14.4 Å². The first-order valence-corrected chi connectivity index (χ1v) is 12.1. The summed E-state index contributed by atoms with van der Waals surface area (Å²) in [6, 6.07) is 14.8. The molecule has 1 amide bonds. The highest BCUT2D eigenvalue weighted by atomic mass is 32.2. The summed E-state index contributed by atoms with van der Waals surface area (Å²) in [6.45, 7) is 1.25. The molecule has 1 saturated heterocycles. The van der Waals surface area contributed by atoms with Crippen molar-refractivity contribution < 1.29 is 22.7 Å². The molecule has 2 aromatic carbocycles. The molecule has 31 heavy (non-hydrogen) atoms. The van der Waals surface area contributed by atoms with Crippen molar-refractivity contribution in [3.8, 4) is 11.5 Å². The molecule has 0 radical (unpaired) electrons. The Kier molecular flexibility index (Phi) is 7.56. The van der Waals surface area contributed by atoms with Gasteiger partial charge in [-0.05, 0) is 29.7 Å². The fourth-order valence-electron chi connectivity index (χ4n) is 3.78. The zero-order chi connectivity index (χ0) is 22.4. The van der Waals surface area contributed by atoms with E-state index in [1.807, 2.05) is 53.4 Å². The van der Waals surface area contributed by atoms with Crippen LogP contribution in [0.25, 0.3) is 0 Å². The van der Waals surface area contributed by atoms with Crippen LogP contribution in [-0.4, -0.2) is 76.5 Å². The van der Waals surface area contributed by atoms with E-state index in [9.17, 15) is 13.2 Å². The van der Waals surface area contributed by atoms with Crippen molar-refractivity contribution >= 4 is 15.7 Å². The average molecular weight is 447 g/mol. The smallest absolute Gasteiger partial charge is 0.244 e. The van der Waals surface area contributed by atoms with Gasteiger partial charge in [-0.25, -0.2) is 8.42 Å². The summed E-state index contributed by atoms with van der Waals surface area (Å²) in [7, 11) is 1.96. The molecule has 2 aromatic rings. The first kappa shape index (κ1) is 23.1. The van der Waals surface area contributed by atoms with Crippen molar-refractivity contribution in [1.29, 1.82) is 0 Å². The molecule has 0 saturated carbocycles. The molecule has 0 aliphatic carbocycles. The summed E-state index contributed by atoms with van der Waals surface area (Å²) in [5.74, 6) is 1.45. The van der Waals surface area contributed by atoms with E-state index in [-0.39, 0.29) is 17.4 Å². The van der Waals surface area contributed by atoms with Crippen LogP contribution in [0.3, 0.4) is 0 Å². The third-order valence-electron chi connectivity index (χ3n) is 5.65. The fraction of sp³-hybridized carbons (Fsp3) is 0.435. The van der Waals surface area contributed by atoms with Gasteiger partial charge in [-0.2, -0.15) is 0 Å². The highest BCUT2D eigenvalue weighted by Crippen LogP contribution is 2.28. The average Bonchev–Trinajstić information content (AvgIpc) is 2.79. The summed E-state index contributed by atoms with van der Waals surface area (Å²) in [5, 5.41) is 0. The number of rotatable bonds is 8. The van der Waals surface area contributed by atoms with E-state index < -0.39 is 15.9 Å². The third kappa shape index (κ3) is 5.77. The Labute approximate surface area is 184 Å². The minimum atomic E-state index is -3.02. The maximum absolute atomic E-state index is 13.4.